The maximum atomic E-state index is 11.8. The molecule has 2 aromatic rings. The molecule has 0 saturated heterocycles. The highest BCUT2D eigenvalue weighted by Gasteiger charge is 2.10. The largest absolute Gasteiger partial charge is 0.508 e. The Morgan fingerprint density at radius 1 is 1.31 bits per heavy atom. The molecule has 1 amide bonds. The molecule has 0 heterocycles. The highest BCUT2D eigenvalue weighted by molar-refractivity contribution is 6.07. The van der Waals surface area contributed by atoms with Gasteiger partial charge in [-0.3, -0.25) is 4.79 Å². The van der Waals surface area contributed by atoms with Gasteiger partial charge in [-0.1, -0.05) is 24.3 Å². The van der Waals surface area contributed by atoms with Gasteiger partial charge in [-0.15, -0.1) is 0 Å². The summed E-state index contributed by atoms with van der Waals surface area (Å²) in [5, 5.41) is 14.0. The second kappa shape index (κ2) is 4.23. The fourth-order valence-corrected chi connectivity index (χ4v) is 1.74. The fraction of sp³-hybridized carbons (Fsp3) is 0.154. The van der Waals surface area contributed by atoms with Crippen molar-refractivity contribution in [2.75, 3.05) is 6.54 Å². The van der Waals surface area contributed by atoms with E-state index in [9.17, 15) is 9.90 Å². The maximum Gasteiger partial charge on any atom is 0.252 e. The summed E-state index contributed by atoms with van der Waals surface area (Å²) in [4.78, 5) is 11.8. The Morgan fingerprint density at radius 3 is 2.81 bits per heavy atom. The van der Waals surface area contributed by atoms with Crippen molar-refractivity contribution < 1.29 is 9.90 Å². The van der Waals surface area contributed by atoms with E-state index in [1.54, 1.807) is 6.07 Å². The van der Waals surface area contributed by atoms with Crippen LogP contribution in [0.2, 0.25) is 0 Å². The lowest BCUT2D eigenvalue weighted by Crippen LogP contribution is -2.22. The summed E-state index contributed by atoms with van der Waals surface area (Å²) in [6.45, 7) is 2.44. The fourth-order valence-electron chi connectivity index (χ4n) is 1.74. The zero-order chi connectivity index (χ0) is 11.5. The van der Waals surface area contributed by atoms with E-state index >= 15 is 0 Å². The van der Waals surface area contributed by atoms with Crippen LogP contribution in [0.15, 0.2) is 36.4 Å². The molecule has 0 saturated carbocycles. The maximum absolute atomic E-state index is 11.8. The first-order valence-corrected chi connectivity index (χ1v) is 5.22. The van der Waals surface area contributed by atoms with E-state index in [2.05, 4.69) is 5.32 Å². The Kier molecular flexibility index (Phi) is 2.77. The molecule has 0 bridgehead atoms. The molecule has 0 radical (unpaired) electrons. The molecule has 0 fully saturated rings. The van der Waals surface area contributed by atoms with Crippen molar-refractivity contribution in [1.29, 1.82) is 0 Å². The van der Waals surface area contributed by atoms with Crippen molar-refractivity contribution in [3.8, 4) is 5.75 Å². The molecule has 2 rings (SSSR count). The Hall–Kier alpha value is -2.03. The molecule has 3 nitrogen and oxygen atoms in total. The number of hydrogen-bond acceptors (Lipinski definition) is 2. The van der Waals surface area contributed by atoms with Gasteiger partial charge in [0.1, 0.15) is 5.75 Å². The molecular formula is C13H13NO2. The molecule has 0 aliphatic carbocycles. The molecule has 3 heteroatoms. The molecular weight excluding hydrogens is 202 g/mol. The number of benzene rings is 2. The quantitative estimate of drug-likeness (QED) is 0.807. The second-order valence-corrected chi connectivity index (χ2v) is 3.57. The molecule has 0 unspecified atom stereocenters. The number of fused-ring (bicyclic) bond motifs is 1. The molecule has 0 atom stereocenters. The zero-order valence-corrected chi connectivity index (χ0v) is 9.03. The number of aromatic hydroxyl groups is 1. The zero-order valence-electron chi connectivity index (χ0n) is 9.03. The average molecular weight is 215 g/mol. The second-order valence-electron chi connectivity index (χ2n) is 3.57. The lowest BCUT2D eigenvalue weighted by molar-refractivity contribution is 0.0957. The molecule has 16 heavy (non-hydrogen) atoms. The van der Waals surface area contributed by atoms with Crippen LogP contribution in [-0.4, -0.2) is 17.6 Å². The SMILES string of the molecule is CCNC(=O)c1cc(O)cc2ccccc12. The van der Waals surface area contributed by atoms with Crippen LogP contribution in [-0.2, 0) is 0 Å². The third-order valence-corrected chi connectivity index (χ3v) is 2.43. The monoisotopic (exact) mass is 215 g/mol. The third kappa shape index (κ3) is 1.84. The van der Waals surface area contributed by atoms with Crippen LogP contribution >= 0.6 is 0 Å². The van der Waals surface area contributed by atoms with Gasteiger partial charge in [-0.05, 0) is 29.8 Å². The van der Waals surface area contributed by atoms with Crippen LogP contribution in [0.25, 0.3) is 10.8 Å². The van der Waals surface area contributed by atoms with Crippen LogP contribution in [0.5, 0.6) is 5.75 Å². The van der Waals surface area contributed by atoms with Crippen molar-refractivity contribution in [3.63, 3.8) is 0 Å². The predicted octanol–water partition coefficient (Wildman–Crippen LogP) is 2.30. The minimum atomic E-state index is -0.158. The van der Waals surface area contributed by atoms with Crippen molar-refractivity contribution in [2.24, 2.45) is 0 Å². The Labute approximate surface area is 93.7 Å². The van der Waals surface area contributed by atoms with Crippen molar-refractivity contribution in [2.45, 2.75) is 6.92 Å². The summed E-state index contributed by atoms with van der Waals surface area (Å²) >= 11 is 0. The molecule has 82 valence electrons. The van der Waals surface area contributed by atoms with E-state index in [4.69, 9.17) is 0 Å². The smallest absolute Gasteiger partial charge is 0.252 e. The highest BCUT2D eigenvalue weighted by Crippen LogP contribution is 2.24. The van der Waals surface area contributed by atoms with Gasteiger partial charge in [0.15, 0.2) is 0 Å². The number of rotatable bonds is 2. The van der Waals surface area contributed by atoms with Crippen LogP contribution in [0.3, 0.4) is 0 Å². The summed E-state index contributed by atoms with van der Waals surface area (Å²) < 4.78 is 0. The number of carbonyl (C=O) groups excluding carboxylic acids is 1. The van der Waals surface area contributed by atoms with Crippen LogP contribution in [0.1, 0.15) is 17.3 Å². The molecule has 2 N–H and O–H groups in total. The van der Waals surface area contributed by atoms with Crippen molar-refractivity contribution >= 4 is 16.7 Å². The predicted molar refractivity (Wildman–Crippen MR) is 63.6 cm³/mol. The van der Waals surface area contributed by atoms with E-state index < -0.39 is 0 Å². The first-order valence-electron chi connectivity index (χ1n) is 5.22. The van der Waals surface area contributed by atoms with E-state index in [1.165, 1.54) is 6.07 Å². The van der Waals surface area contributed by atoms with Gasteiger partial charge in [-0.2, -0.15) is 0 Å². The first-order chi connectivity index (χ1) is 7.72. The molecule has 0 aromatic heterocycles. The number of amides is 1. The van der Waals surface area contributed by atoms with Gasteiger partial charge in [0.05, 0.1) is 5.56 Å². The number of phenolic OH excluding ortho intramolecular Hbond substituents is 1. The first kappa shape index (κ1) is 10.5. The van der Waals surface area contributed by atoms with E-state index in [0.29, 0.717) is 12.1 Å². The molecule has 0 spiro atoms. The third-order valence-electron chi connectivity index (χ3n) is 2.43. The van der Waals surface area contributed by atoms with Crippen LogP contribution in [0.4, 0.5) is 0 Å². The Balaban J connectivity index is 2.63. The molecule has 0 aliphatic rings. The van der Waals surface area contributed by atoms with Gasteiger partial charge in [0.2, 0.25) is 0 Å². The normalized spacial score (nSPS) is 10.3. The Bertz CT molecular complexity index is 534. The van der Waals surface area contributed by atoms with E-state index in [-0.39, 0.29) is 11.7 Å². The molecule has 2 aromatic carbocycles. The number of hydrogen-bond donors (Lipinski definition) is 2. The summed E-state index contributed by atoms with van der Waals surface area (Å²) in [6, 6.07) is 10.6. The lowest BCUT2D eigenvalue weighted by Gasteiger charge is -2.07. The summed E-state index contributed by atoms with van der Waals surface area (Å²) in [5.41, 5.74) is 0.512. The van der Waals surface area contributed by atoms with Crippen molar-refractivity contribution in [1.82, 2.24) is 5.32 Å². The van der Waals surface area contributed by atoms with E-state index in [1.807, 2.05) is 31.2 Å². The van der Waals surface area contributed by atoms with Gasteiger partial charge in [-0.25, -0.2) is 0 Å². The van der Waals surface area contributed by atoms with Crippen molar-refractivity contribution in [3.05, 3.63) is 42.0 Å². The summed E-state index contributed by atoms with van der Waals surface area (Å²) in [5.74, 6) is -0.0467. The van der Waals surface area contributed by atoms with Gasteiger partial charge in [0.25, 0.3) is 5.91 Å². The standard InChI is InChI=1S/C13H13NO2/c1-2-14-13(16)12-8-10(15)7-9-5-3-4-6-11(9)12/h3-8,15H,2H2,1H3,(H,14,16). The topological polar surface area (TPSA) is 49.3 Å². The van der Waals surface area contributed by atoms with Gasteiger partial charge >= 0.3 is 0 Å². The average Bonchev–Trinajstić information content (AvgIpc) is 2.28. The number of phenols is 1. The van der Waals surface area contributed by atoms with Crippen LogP contribution in [0, 0.1) is 0 Å². The van der Waals surface area contributed by atoms with Gasteiger partial charge in [0, 0.05) is 6.54 Å². The summed E-state index contributed by atoms with van der Waals surface area (Å²) in [6.07, 6.45) is 0. The summed E-state index contributed by atoms with van der Waals surface area (Å²) in [7, 11) is 0. The minimum absolute atomic E-state index is 0.111. The molecule has 0 aliphatic heterocycles. The highest BCUT2D eigenvalue weighted by atomic mass is 16.3. The minimum Gasteiger partial charge on any atom is -0.508 e. The van der Waals surface area contributed by atoms with E-state index in [0.717, 1.165) is 10.8 Å². The number of nitrogens with one attached hydrogen (secondary N) is 1. The van der Waals surface area contributed by atoms with Crippen LogP contribution < -0.4 is 5.32 Å². The number of carbonyl (C=O) groups is 1. The van der Waals surface area contributed by atoms with Gasteiger partial charge < -0.3 is 10.4 Å². The lowest BCUT2D eigenvalue weighted by atomic mass is 10.0. The Morgan fingerprint density at radius 2 is 2.06 bits per heavy atom.